The molecule has 4 heteroatoms. The van der Waals surface area contributed by atoms with Crippen LogP contribution in [0.5, 0.6) is 0 Å². The van der Waals surface area contributed by atoms with E-state index in [1.807, 2.05) is 18.2 Å². The van der Waals surface area contributed by atoms with Crippen LogP contribution in [0, 0.1) is 5.92 Å². The third kappa shape index (κ3) is 4.48. The fourth-order valence-electron chi connectivity index (χ4n) is 4.73. The Bertz CT molecular complexity index is 1130. The molecule has 2 aliphatic rings. The molecule has 1 fully saturated rings. The Morgan fingerprint density at radius 3 is 2.52 bits per heavy atom. The Kier molecular flexibility index (Phi) is 5.71. The van der Waals surface area contributed by atoms with Crippen LogP contribution in [0.1, 0.15) is 39.9 Å². The number of amides is 1. The molecule has 0 atom stereocenters. The number of benzene rings is 3. The van der Waals surface area contributed by atoms with Crippen molar-refractivity contribution in [3.05, 3.63) is 94.0 Å². The van der Waals surface area contributed by atoms with Crippen LogP contribution in [-0.2, 0) is 13.0 Å². The van der Waals surface area contributed by atoms with Gasteiger partial charge in [-0.2, -0.15) is 0 Å². The van der Waals surface area contributed by atoms with Gasteiger partial charge in [0, 0.05) is 23.3 Å². The fourth-order valence-corrected chi connectivity index (χ4v) is 4.86. The van der Waals surface area contributed by atoms with Crippen molar-refractivity contribution in [1.82, 2.24) is 4.90 Å². The molecular weight excluding hydrogens is 404 g/mol. The summed E-state index contributed by atoms with van der Waals surface area (Å²) in [4.78, 5) is 18.1. The molecule has 0 N–H and O–H groups in total. The van der Waals surface area contributed by atoms with E-state index in [9.17, 15) is 4.79 Å². The minimum Gasteiger partial charge on any atom is -0.299 e. The number of fused-ring (bicyclic) bond motifs is 1. The average Bonchev–Trinajstić information content (AvgIpc) is 3.16. The Balaban J connectivity index is 1.21. The quantitative estimate of drug-likeness (QED) is 0.496. The van der Waals surface area contributed by atoms with Crippen LogP contribution >= 0.6 is 11.6 Å². The minimum absolute atomic E-state index is 0.117. The van der Waals surface area contributed by atoms with Crippen LogP contribution in [0.3, 0.4) is 0 Å². The predicted molar refractivity (Wildman–Crippen MR) is 127 cm³/mol. The highest BCUT2D eigenvalue weighted by Crippen LogP contribution is 2.29. The predicted octanol–water partition coefficient (Wildman–Crippen LogP) is 6.03. The second-order valence-electron chi connectivity index (χ2n) is 8.57. The summed E-state index contributed by atoms with van der Waals surface area (Å²) in [5.74, 6) is 0.573. The number of halogens is 1. The van der Waals surface area contributed by atoms with E-state index in [0.29, 0.717) is 5.92 Å². The number of nitrogens with zero attached hydrogens (tertiary/aromatic N) is 2. The molecule has 0 radical (unpaired) electrons. The maximum absolute atomic E-state index is 11.7. The second kappa shape index (κ2) is 8.78. The molecule has 0 bridgehead atoms. The first-order valence-corrected chi connectivity index (χ1v) is 11.3. The van der Waals surface area contributed by atoms with E-state index in [1.165, 1.54) is 35.1 Å². The number of carbonyl (C=O) groups excluding carboxylic acids is 1. The number of aliphatic imine (C=N–C) groups is 1. The lowest BCUT2D eigenvalue weighted by Gasteiger charge is -2.32. The van der Waals surface area contributed by atoms with Gasteiger partial charge in [0.1, 0.15) is 0 Å². The first-order chi connectivity index (χ1) is 15.2. The fraction of sp³-hybridized carbons (Fsp3) is 0.259. The highest BCUT2D eigenvalue weighted by atomic mass is 35.5. The van der Waals surface area contributed by atoms with Crippen LogP contribution in [0.15, 0.2) is 71.7 Å². The summed E-state index contributed by atoms with van der Waals surface area (Å²) in [5.41, 5.74) is 6.89. The van der Waals surface area contributed by atoms with E-state index in [2.05, 4.69) is 58.4 Å². The van der Waals surface area contributed by atoms with Gasteiger partial charge in [-0.25, -0.2) is 4.99 Å². The number of piperidine rings is 1. The Labute approximate surface area is 188 Å². The summed E-state index contributed by atoms with van der Waals surface area (Å²) in [5, 5.41) is 0.769. The molecule has 0 aliphatic carbocycles. The Morgan fingerprint density at radius 2 is 1.71 bits per heavy atom. The van der Waals surface area contributed by atoms with Gasteiger partial charge in [-0.3, -0.25) is 9.69 Å². The van der Waals surface area contributed by atoms with Gasteiger partial charge in [0.05, 0.1) is 5.56 Å². The van der Waals surface area contributed by atoms with Gasteiger partial charge in [-0.15, -0.1) is 0 Å². The zero-order valence-corrected chi connectivity index (χ0v) is 18.2. The van der Waals surface area contributed by atoms with Crippen LogP contribution in [0.2, 0.25) is 5.02 Å². The topological polar surface area (TPSA) is 32.7 Å². The lowest BCUT2D eigenvalue weighted by atomic mass is 9.89. The molecule has 1 amide bonds. The summed E-state index contributed by atoms with van der Waals surface area (Å²) < 4.78 is 0. The molecule has 3 aromatic carbocycles. The van der Waals surface area contributed by atoms with E-state index in [0.717, 1.165) is 42.2 Å². The monoisotopic (exact) mass is 428 g/mol. The molecule has 3 aromatic rings. The summed E-state index contributed by atoms with van der Waals surface area (Å²) >= 11 is 6.07. The van der Waals surface area contributed by atoms with Crippen molar-refractivity contribution in [3.8, 4) is 11.1 Å². The molecule has 2 heterocycles. The smallest absolute Gasteiger partial charge is 0.277 e. The van der Waals surface area contributed by atoms with Crippen LogP contribution in [-0.4, -0.2) is 30.1 Å². The van der Waals surface area contributed by atoms with E-state index in [4.69, 9.17) is 11.6 Å². The Morgan fingerprint density at radius 1 is 0.935 bits per heavy atom. The lowest BCUT2D eigenvalue weighted by molar-refractivity contribution is 0.101. The molecule has 1 saturated heterocycles. The number of hydrogen-bond donors (Lipinski definition) is 0. The zero-order valence-electron chi connectivity index (χ0n) is 17.4. The van der Waals surface area contributed by atoms with Gasteiger partial charge >= 0.3 is 0 Å². The largest absolute Gasteiger partial charge is 0.299 e. The maximum atomic E-state index is 11.7. The van der Waals surface area contributed by atoms with Gasteiger partial charge in [-0.05, 0) is 84.8 Å². The molecule has 31 heavy (non-hydrogen) atoms. The van der Waals surface area contributed by atoms with Crippen molar-refractivity contribution in [2.24, 2.45) is 10.9 Å². The van der Waals surface area contributed by atoms with Crippen LogP contribution in [0.4, 0.5) is 0 Å². The van der Waals surface area contributed by atoms with E-state index < -0.39 is 0 Å². The Hall–Kier alpha value is -2.75. The minimum atomic E-state index is -0.117. The number of rotatable bonds is 5. The molecule has 2 aliphatic heterocycles. The van der Waals surface area contributed by atoms with Gasteiger partial charge in [0.25, 0.3) is 5.91 Å². The summed E-state index contributed by atoms with van der Waals surface area (Å²) in [7, 11) is 0. The summed E-state index contributed by atoms with van der Waals surface area (Å²) in [6.07, 6.45) is 5.17. The third-order valence-electron chi connectivity index (χ3n) is 6.47. The van der Waals surface area contributed by atoms with Crippen molar-refractivity contribution < 1.29 is 4.79 Å². The third-order valence-corrected chi connectivity index (χ3v) is 6.72. The highest BCUT2D eigenvalue weighted by Gasteiger charge is 2.22. The zero-order chi connectivity index (χ0) is 21.2. The van der Waals surface area contributed by atoms with Crippen LogP contribution in [0.25, 0.3) is 11.1 Å². The maximum Gasteiger partial charge on any atom is 0.277 e. The second-order valence-corrected chi connectivity index (χ2v) is 9.01. The van der Waals surface area contributed by atoms with Crippen LogP contribution < -0.4 is 0 Å². The standard InChI is InChI=1S/C27H25ClN2O/c28-24-8-6-21(7-9-24)25-4-2-1-3-22(25)18-30-13-11-19(12-14-30)15-20-5-10-26-23(16-20)17-29-27(26)31/h1-10,16-17,19H,11-15,18H2. The number of hydrogen-bond acceptors (Lipinski definition) is 2. The summed E-state index contributed by atoms with van der Waals surface area (Å²) in [6, 6.07) is 23.0. The van der Waals surface area contributed by atoms with E-state index >= 15 is 0 Å². The van der Waals surface area contributed by atoms with Gasteiger partial charge in [0.15, 0.2) is 0 Å². The number of carbonyl (C=O) groups is 1. The van der Waals surface area contributed by atoms with E-state index in [-0.39, 0.29) is 5.91 Å². The average molecular weight is 429 g/mol. The van der Waals surface area contributed by atoms with Crippen molar-refractivity contribution in [2.45, 2.75) is 25.8 Å². The summed E-state index contributed by atoms with van der Waals surface area (Å²) in [6.45, 7) is 3.21. The molecule has 156 valence electrons. The SMILES string of the molecule is O=C1N=Cc2cc(CC3CCN(Cc4ccccc4-c4ccc(Cl)cc4)CC3)ccc21. The van der Waals surface area contributed by atoms with Crippen molar-refractivity contribution >= 4 is 23.7 Å². The van der Waals surface area contributed by atoms with Crippen molar-refractivity contribution in [3.63, 3.8) is 0 Å². The molecule has 3 nitrogen and oxygen atoms in total. The van der Waals surface area contributed by atoms with Gasteiger partial charge in [-0.1, -0.05) is 54.1 Å². The van der Waals surface area contributed by atoms with Gasteiger partial charge < -0.3 is 0 Å². The van der Waals surface area contributed by atoms with Crippen molar-refractivity contribution in [2.75, 3.05) is 13.1 Å². The molecule has 0 spiro atoms. The number of likely N-dealkylation sites (tertiary alicyclic amines) is 1. The highest BCUT2D eigenvalue weighted by molar-refractivity contribution is 6.30. The molecule has 0 unspecified atom stereocenters. The molecular formula is C27H25ClN2O. The lowest BCUT2D eigenvalue weighted by Crippen LogP contribution is -2.34. The molecule has 5 rings (SSSR count). The van der Waals surface area contributed by atoms with Crippen molar-refractivity contribution in [1.29, 1.82) is 0 Å². The first kappa shape index (κ1) is 20.2. The van der Waals surface area contributed by atoms with E-state index in [1.54, 1.807) is 6.21 Å². The van der Waals surface area contributed by atoms with Gasteiger partial charge in [0.2, 0.25) is 0 Å². The normalized spacial score (nSPS) is 16.6. The first-order valence-electron chi connectivity index (χ1n) is 10.9. The molecule has 0 aromatic heterocycles. The molecule has 0 saturated carbocycles.